The van der Waals surface area contributed by atoms with E-state index in [-0.39, 0.29) is 24.1 Å². The van der Waals surface area contributed by atoms with Crippen molar-refractivity contribution in [2.24, 2.45) is 5.92 Å². The maximum absolute atomic E-state index is 13.9. The van der Waals surface area contributed by atoms with E-state index in [2.05, 4.69) is 15.6 Å². The standard InChI is InChI=1S/C31H32N4O6/c1-19(2)17-24(27(36)34-26(30(39)40)21-13-7-4-8-14-21)32-28(37)25(18-20-11-5-3-6-12-20)35-29(38)22-15-9-10-16-23(22)33-31(35)41/h3-16,19,24-26H,17-18H2,1-2H3,(H,32,37)(H,33,41)(H,34,36)(H,39,40). The SMILES string of the molecule is CC(C)CC(NC(=O)C(Cc1ccccc1)n1c(=O)[nH]c2ccccc2c1=O)C(=O)NC(C(=O)O)c1ccccc1. The van der Waals surface area contributed by atoms with Gasteiger partial charge in [-0.15, -0.1) is 0 Å². The minimum atomic E-state index is -1.33. The number of hydrogen-bond acceptors (Lipinski definition) is 5. The minimum absolute atomic E-state index is 0.00574. The number of carboxylic acid groups (broad SMARTS) is 1. The Labute approximate surface area is 236 Å². The molecule has 0 bridgehead atoms. The number of fused-ring (bicyclic) bond motifs is 1. The first kappa shape index (κ1) is 29.0. The summed E-state index contributed by atoms with van der Waals surface area (Å²) in [6, 6.07) is 19.9. The van der Waals surface area contributed by atoms with Gasteiger partial charge < -0.3 is 20.7 Å². The zero-order valence-corrected chi connectivity index (χ0v) is 22.7. The van der Waals surface area contributed by atoms with Crippen molar-refractivity contribution in [3.05, 3.63) is 117 Å². The second kappa shape index (κ2) is 12.9. The molecule has 0 aliphatic rings. The van der Waals surface area contributed by atoms with Gasteiger partial charge in [0.25, 0.3) is 5.56 Å². The Morgan fingerprint density at radius 1 is 0.829 bits per heavy atom. The van der Waals surface area contributed by atoms with E-state index in [9.17, 15) is 29.1 Å². The van der Waals surface area contributed by atoms with E-state index in [0.717, 1.165) is 4.57 Å². The number of aromatic nitrogens is 2. The van der Waals surface area contributed by atoms with Gasteiger partial charge in [-0.05, 0) is 35.6 Å². The topological polar surface area (TPSA) is 150 Å². The highest BCUT2D eigenvalue weighted by molar-refractivity contribution is 5.92. The van der Waals surface area contributed by atoms with Crippen molar-refractivity contribution in [3.8, 4) is 0 Å². The van der Waals surface area contributed by atoms with Crippen LogP contribution in [0, 0.1) is 5.92 Å². The molecule has 1 aromatic heterocycles. The number of nitrogens with zero attached hydrogens (tertiary/aromatic N) is 1. The molecule has 2 amide bonds. The van der Waals surface area contributed by atoms with Crippen LogP contribution in [0.15, 0.2) is 94.5 Å². The van der Waals surface area contributed by atoms with Gasteiger partial charge in [-0.1, -0.05) is 86.6 Å². The maximum atomic E-state index is 13.9. The second-order valence-electron chi connectivity index (χ2n) is 10.2. The van der Waals surface area contributed by atoms with E-state index in [1.807, 2.05) is 19.9 Å². The predicted molar refractivity (Wildman–Crippen MR) is 154 cm³/mol. The van der Waals surface area contributed by atoms with Crippen molar-refractivity contribution < 1.29 is 19.5 Å². The molecule has 0 radical (unpaired) electrons. The van der Waals surface area contributed by atoms with Crippen LogP contribution in [-0.4, -0.2) is 38.5 Å². The molecule has 212 valence electrons. The molecule has 3 unspecified atom stereocenters. The second-order valence-corrected chi connectivity index (χ2v) is 10.2. The summed E-state index contributed by atoms with van der Waals surface area (Å²) in [6.45, 7) is 3.72. The number of benzene rings is 3. The molecule has 4 rings (SSSR count). The number of nitrogens with one attached hydrogen (secondary N) is 3. The van der Waals surface area contributed by atoms with Gasteiger partial charge in [0, 0.05) is 6.42 Å². The molecule has 0 aliphatic heterocycles. The maximum Gasteiger partial charge on any atom is 0.330 e. The number of carbonyl (C=O) groups excluding carboxylic acids is 2. The molecule has 0 aliphatic carbocycles. The zero-order chi connectivity index (χ0) is 29.5. The molecule has 41 heavy (non-hydrogen) atoms. The molecule has 10 heteroatoms. The lowest BCUT2D eigenvalue weighted by atomic mass is 10.00. The molecular formula is C31H32N4O6. The van der Waals surface area contributed by atoms with E-state index in [0.29, 0.717) is 16.6 Å². The molecule has 10 nitrogen and oxygen atoms in total. The molecule has 0 fully saturated rings. The fraction of sp³-hybridized carbons (Fsp3) is 0.258. The number of H-pyrrole nitrogens is 1. The van der Waals surface area contributed by atoms with Crippen molar-refractivity contribution in [1.82, 2.24) is 20.2 Å². The molecule has 3 atom stereocenters. The van der Waals surface area contributed by atoms with Crippen molar-refractivity contribution in [1.29, 1.82) is 0 Å². The predicted octanol–water partition coefficient (Wildman–Crippen LogP) is 2.95. The van der Waals surface area contributed by atoms with Crippen molar-refractivity contribution in [2.45, 2.75) is 44.8 Å². The van der Waals surface area contributed by atoms with Crippen LogP contribution in [0.25, 0.3) is 10.9 Å². The Hall–Kier alpha value is -4.99. The number of rotatable bonds is 11. The molecule has 4 N–H and O–H groups in total. The minimum Gasteiger partial charge on any atom is -0.479 e. The normalized spacial score (nSPS) is 13.3. The molecular weight excluding hydrogens is 524 g/mol. The number of amides is 2. The van der Waals surface area contributed by atoms with Gasteiger partial charge in [0.15, 0.2) is 6.04 Å². The van der Waals surface area contributed by atoms with Gasteiger partial charge >= 0.3 is 11.7 Å². The van der Waals surface area contributed by atoms with Crippen LogP contribution >= 0.6 is 0 Å². The summed E-state index contributed by atoms with van der Waals surface area (Å²) in [5, 5.41) is 15.3. The summed E-state index contributed by atoms with van der Waals surface area (Å²) in [7, 11) is 0. The fourth-order valence-electron chi connectivity index (χ4n) is 4.74. The largest absolute Gasteiger partial charge is 0.479 e. The Bertz CT molecular complexity index is 1650. The smallest absolute Gasteiger partial charge is 0.330 e. The lowest BCUT2D eigenvalue weighted by Crippen LogP contribution is -2.53. The number of carbonyl (C=O) groups is 3. The van der Waals surface area contributed by atoms with Gasteiger partial charge in [-0.25, -0.2) is 14.2 Å². The van der Waals surface area contributed by atoms with Crippen molar-refractivity contribution >= 4 is 28.7 Å². The van der Waals surface area contributed by atoms with Gasteiger partial charge in [-0.3, -0.25) is 14.4 Å². The third-order valence-corrected chi connectivity index (χ3v) is 6.73. The highest BCUT2D eigenvalue weighted by Crippen LogP contribution is 2.17. The number of para-hydroxylation sites is 1. The van der Waals surface area contributed by atoms with Gasteiger partial charge in [-0.2, -0.15) is 0 Å². The number of hydrogen-bond donors (Lipinski definition) is 4. The Morgan fingerprint density at radius 3 is 2.07 bits per heavy atom. The van der Waals surface area contributed by atoms with Crippen LogP contribution < -0.4 is 21.9 Å². The molecule has 4 aromatic rings. The highest BCUT2D eigenvalue weighted by atomic mass is 16.4. The Kier molecular flexibility index (Phi) is 9.13. The first-order valence-electron chi connectivity index (χ1n) is 13.3. The average molecular weight is 557 g/mol. The van der Waals surface area contributed by atoms with E-state index in [1.54, 1.807) is 78.9 Å². The van der Waals surface area contributed by atoms with Crippen LogP contribution in [0.4, 0.5) is 0 Å². The van der Waals surface area contributed by atoms with Crippen LogP contribution in [0.1, 0.15) is 43.5 Å². The highest BCUT2D eigenvalue weighted by Gasteiger charge is 2.32. The number of aliphatic carboxylic acids is 1. The summed E-state index contributed by atoms with van der Waals surface area (Å²) in [5.41, 5.74) is 0.0199. The summed E-state index contributed by atoms with van der Waals surface area (Å²) < 4.78 is 0.874. The van der Waals surface area contributed by atoms with Crippen molar-refractivity contribution in [2.75, 3.05) is 0 Å². The van der Waals surface area contributed by atoms with E-state index in [1.165, 1.54) is 0 Å². The first-order chi connectivity index (χ1) is 19.7. The average Bonchev–Trinajstić information content (AvgIpc) is 2.95. The van der Waals surface area contributed by atoms with Crippen LogP contribution in [-0.2, 0) is 20.8 Å². The third-order valence-electron chi connectivity index (χ3n) is 6.73. The van der Waals surface area contributed by atoms with Crippen LogP contribution in [0.2, 0.25) is 0 Å². The molecule has 0 saturated carbocycles. The van der Waals surface area contributed by atoms with Crippen molar-refractivity contribution in [3.63, 3.8) is 0 Å². The van der Waals surface area contributed by atoms with Crippen LogP contribution in [0.3, 0.4) is 0 Å². The number of aromatic amines is 1. The van der Waals surface area contributed by atoms with Gasteiger partial charge in [0.2, 0.25) is 11.8 Å². The molecule has 3 aromatic carbocycles. The van der Waals surface area contributed by atoms with E-state index in [4.69, 9.17) is 0 Å². The Balaban J connectivity index is 1.70. The summed E-state index contributed by atoms with van der Waals surface area (Å²) in [6.07, 6.45) is 0.200. The molecule has 1 heterocycles. The lowest BCUT2D eigenvalue weighted by Gasteiger charge is -2.26. The van der Waals surface area contributed by atoms with E-state index < -0.39 is 47.2 Å². The van der Waals surface area contributed by atoms with Gasteiger partial charge in [0.05, 0.1) is 10.9 Å². The fourth-order valence-corrected chi connectivity index (χ4v) is 4.74. The summed E-state index contributed by atoms with van der Waals surface area (Å²) >= 11 is 0. The molecule has 0 spiro atoms. The molecule has 0 saturated heterocycles. The monoisotopic (exact) mass is 556 g/mol. The number of carboxylic acids is 1. The third kappa shape index (κ3) is 6.96. The van der Waals surface area contributed by atoms with Gasteiger partial charge in [0.1, 0.15) is 12.1 Å². The first-order valence-corrected chi connectivity index (χ1v) is 13.3. The lowest BCUT2D eigenvalue weighted by molar-refractivity contribution is -0.142. The van der Waals surface area contributed by atoms with E-state index >= 15 is 0 Å². The summed E-state index contributed by atoms with van der Waals surface area (Å²) in [4.78, 5) is 68.6. The quantitative estimate of drug-likeness (QED) is 0.223. The zero-order valence-electron chi connectivity index (χ0n) is 22.7. The Morgan fingerprint density at radius 2 is 1.44 bits per heavy atom. The summed E-state index contributed by atoms with van der Waals surface area (Å²) in [5.74, 6) is -2.72. The van der Waals surface area contributed by atoms with Crippen LogP contribution in [0.5, 0.6) is 0 Å².